The van der Waals surface area contributed by atoms with Gasteiger partial charge in [0.1, 0.15) is 5.82 Å². The van der Waals surface area contributed by atoms with Crippen LogP contribution in [0.25, 0.3) is 0 Å². The highest BCUT2D eigenvalue weighted by Crippen LogP contribution is 2.27. The molecule has 1 N–H and O–H groups in total. The standard InChI is InChI=1S/C12H18FNS/c1-4-9(2)15-12-6-5-10(8-14-3)7-11(12)13/h5-7,9,14H,4,8H2,1-3H3. The molecule has 84 valence electrons. The van der Waals surface area contributed by atoms with Gasteiger partial charge in [-0.3, -0.25) is 0 Å². The molecular weight excluding hydrogens is 209 g/mol. The molecule has 0 aliphatic heterocycles. The third-order valence-corrected chi connectivity index (χ3v) is 3.60. The van der Waals surface area contributed by atoms with Crippen LogP contribution in [0.3, 0.4) is 0 Å². The first-order valence-electron chi connectivity index (χ1n) is 5.27. The maximum Gasteiger partial charge on any atom is 0.137 e. The molecule has 1 rings (SSSR count). The highest BCUT2D eigenvalue weighted by Gasteiger charge is 2.07. The second-order valence-corrected chi connectivity index (χ2v) is 5.11. The van der Waals surface area contributed by atoms with Gasteiger partial charge in [0.2, 0.25) is 0 Å². The maximum atomic E-state index is 13.6. The van der Waals surface area contributed by atoms with Crippen molar-refractivity contribution in [3.05, 3.63) is 29.6 Å². The van der Waals surface area contributed by atoms with E-state index in [-0.39, 0.29) is 5.82 Å². The van der Waals surface area contributed by atoms with Gasteiger partial charge < -0.3 is 5.32 Å². The van der Waals surface area contributed by atoms with E-state index in [1.807, 2.05) is 19.2 Å². The molecule has 0 amide bonds. The fourth-order valence-electron chi connectivity index (χ4n) is 1.25. The summed E-state index contributed by atoms with van der Waals surface area (Å²) in [5.41, 5.74) is 0.989. The van der Waals surface area contributed by atoms with Crippen molar-refractivity contribution in [3.8, 4) is 0 Å². The van der Waals surface area contributed by atoms with Crippen molar-refractivity contribution >= 4 is 11.8 Å². The number of thioether (sulfide) groups is 1. The van der Waals surface area contributed by atoms with Crippen LogP contribution < -0.4 is 5.32 Å². The van der Waals surface area contributed by atoms with E-state index in [0.717, 1.165) is 16.9 Å². The van der Waals surface area contributed by atoms with Crippen molar-refractivity contribution in [2.75, 3.05) is 7.05 Å². The van der Waals surface area contributed by atoms with Crippen LogP contribution in [0, 0.1) is 5.82 Å². The number of nitrogens with one attached hydrogen (secondary N) is 1. The van der Waals surface area contributed by atoms with E-state index >= 15 is 0 Å². The second kappa shape index (κ2) is 6.13. The number of benzene rings is 1. The van der Waals surface area contributed by atoms with Crippen molar-refractivity contribution in [1.82, 2.24) is 5.32 Å². The van der Waals surface area contributed by atoms with E-state index in [1.54, 1.807) is 17.8 Å². The Morgan fingerprint density at radius 2 is 2.20 bits per heavy atom. The summed E-state index contributed by atoms with van der Waals surface area (Å²) in [7, 11) is 1.86. The molecule has 0 saturated heterocycles. The van der Waals surface area contributed by atoms with E-state index in [1.165, 1.54) is 0 Å². The Labute approximate surface area is 95.5 Å². The molecule has 0 bridgehead atoms. The molecule has 1 unspecified atom stereocenters. The molecule has 1 nitrogen and oxygen atoms in total. The normalized spacial score (nSPS) is 12.8. The first kappa shape index (κ1) is 12.5. The Morgan fingerprint density at radius 3 is 2.73 bits per heavy atom. The van der Waals surface area contributed by atoms with E-state index < -0.39 is 0 Å². The largest absolute Gasteiger partial charge is 0.316 e. The average molecular weight is 227 g/mol. The van der Waals surface area contributed by atoms with E-state index in [9.17, 15) is 4.39 Å². The molecule has 1 atom stereocenters. The van der Waals surface area contributed by atoms with E-state index in [0.29, 0.717) is 11.8 Å². The molecule has 0 aliphatic carbocycles. The van der Waals surface area contributed by atoms with E-state index in [2.05, 4.69) is 19.2 Å². The SMILES string of the molecule is CCC(C)Sc1ccc(CNC)cc1F. The van der Waals surface area contributed by atoms with Gasteiger partial charge >= 0.3 is 0 Å². The summed E-state index contributed by atoms with van der Waals surface area (Å²) in [5, 5.41) is 3.48. The van der Waals surface area contributed by atoms with Gasteiger partial charge in [-0.2, -0.15) is 0 Å². The van der Waals surface area contributed by atoms with Crippen LogP contribution in [0.5, 0.6) is 0 Å². The van der Waals surface area contributed by atoms with Gasteiger partial charge in [-0.05, 0) is 31.2 Å². The Bertz CT molecular complexity index is 314. The predicted octanol–water partition coefficient (Wildman–Crippen LogP) is 3.44. The monoisotopic (exact) mass is 227 g/mol. The van der Waals surface area contributed by atoms with Gasteiger partial charge in [-0.15, -0.1) is 11.8 Å². The van der Waals surface area contributed by atoms with Crippen LogP contribution in [0.1, 0.15) is 25.8 Å². The number of rotatable bonds is 5. The second-order valence-electron chi connectivity index (χ2n) is 3.63. The fraction of sp³-hybridized carbons (Fsp3) is 0.500. The minimum atomic E-state index is -0.104. The van der Waals surface area contributed by atoms with Gasteiger partial charge in [0.05, 0.1) is 0 Å². The van der Waals surface area contributed by atoms with Crippen LogP contribution in [0.15, 0.2) is 23.1 Å². The number of hydrogen-bond donors (Lipinski definition) is 1. The molecule has 1 aromatic carbocycles. The minimum absolute atomic E-state index is 0.104. The zero-order valence-corrected chi connectivity index (χ0v) is 10.3. The van der Waals surface area contributed by atoms with Gasteiger partial charge in [0.25, 0.3) is 0 Å². The molecule has 3 heteroatoms. The molecule has 15 heavy (non-hydrogen) atoms. The first-order valence-corrected chi connectivity index (χ1v) is 6.15. The Hall–Kier alpha value is -0.540. The Morgan fingerprint density at radius 1 is 1.47 bits per heavy atom. The van der Waals surface area contributed by atoms with Crippen LogP contribution in [-0.2, 0) is 6.54 Å². The summed E-state index contributed by atoms with van der Waals surface area (Å²) < 4.78 is 13.6. The van der Waals surface area contributed by atoms with Crippen LogP contribution in [0.2, 0.25) is 0 Å². The summed E-state index contributed by atoms with van der Waals surface area (Å²) in [6.45, 7) is 4.95. The van der Waals surface area contributed by atoms with Gasteiger partial charge in [-0.1, -0.05) is 19.9 Å². The topological polar surface area (TPSA) is 12.0 Å². The first-order chi connectivity index (χ1) is 7.17. The predicted molar refractivity (Wildman–Crippen MR) is 64.8 cm³/mol. The van der Waals surface area contributed by atoms with Crippen molar-refractivity contribution in [2.24, 2.45) is 0 Å². The van der Waals surface area contributed by atoms with Gasteiger partial charge in [-0.25, -0.2) is 4.39 Å². The van der Waals surface area contributed by atoms with Crippen molar-refractivity contribution < 1.29 is 4.39 Å². The lowest BCUT2D eigenvalue weighted by Crippen LogP contribution is -2.05. The molecule has 0 fully saturated rings. The van der Waals surface area contributed by atoms with Gasteiger partial charge in [0, 0.05) is 16.7 Å². The third kappa shape index (κ3) is 3.84. The number of hydrogen-bond acceptors (Lipinski definition) is 2. The molecule has 0 saturated carbocycles. The highest BCUT2D eigenvalue weighted by atomic mass is 32.2. The van der Waals surface area contributed by atoms with Crippen molar-refractivity contribution in [2.45, 2.75) is 37.0 Å². The molecule has 0 heterocycles. The Balaban J connectivity index is 2.74. The summed E-state index contributed by atoms with van der Waals surface area (Å²) >= 11 is 1.60. The molecule has 0 aliphatic rings. The van der Waals surface area contributed by atoms with Crippen molar-refractivity contribution in [1.29, 1.82) is 0 Å². The lowest BCUT2D eigenvalue weighted by Gasteiger charge is -2.10. The summed E-state index contributed by atoms with van der Waals surface area (Å²) in [6, 6.07) is 5.46. The average Bonchev–Trinajstić information content (AvgIpc) is 2.22. The zero-order valence-electron chi connectivity index (χ0n) is 9.51. The van der Waals surface area contributed by atoms with Crippen LogP contribution in [0.4, 0.5) is 4.39 Å². The molecule has 0 aromatic heterocycles. The molecule has 0 radical (unpaired) electrons. The maximum absolute atomic E-state index is 13.6. The molecule has 0 spiro atoms. The van der Waals surface area contributed by atoms with Gasteiger partial charge in [0.15, 0.2) is 0 Å². The van der Waals surface area contributed by atoms with Crippen LogP contribution >= 0.6 is 11.8 Å². The quantitative estimate of drug-likeness (QED) is 0.773. The third-order valence-electron chi connectivity index (χ3n) is 2.28. The molecular formula is C12H18FNS. The summed E-state index contributed by atoms with van der Waals surface area (Å²) in [5.74, 6) is -0.104. The highest BCUT2D eigenvalue weighted by molar-refractivity contribution is 7.99. The minimum Gasteiger partial charge on any atom is -0.316 e. The zero-order chi connectivity index (χ0) is 11.3. The fourth-order valence-corrected chi connectivity index (χ4v) is 2.17. The van der Waals surface area contributed by atoms with Crippen LogP contribution in [-0.4, -0.2) is 12.3 Å². The smallest absolute Gasteiger partial charge is 0.137 e. The van der Waals surface area contributed by atoms with Crippen molar-refractivity contribution in [3.63, 3.8) is 0 Å². The summed E-state index contributed by atoms with van der Waals surface area (Å²) in [6.07, 6.45) is 1.06. The van der Waals surface area contributed by atoms with E-state index in [4.69, 9.17) is 0 Å². The Kier molecular flexibility index (Phi) is 5.12. The lowest BCUT2D eigenvalue weighted by atomic mass is 10.2. The summed E-state index contributed by atoms with van der Waals surface area (Å²) in [4.78, 5) is 0.754. The molecule has 1 aromatic rings. The number of halogens is 1. The lowest BCUT2D eigenvalue weighted by molar-refractivity contribution is 0.597.